The molecule has 0 saturated heterocycles. The molecule has 3 rings (SSSR count). The van der Waals surface area contributed by atoms with Crippen molar-refractivity contribution in [2.24, 2.45) is 5.92 Å². The molecule has 0 aromatic heterocycles. The van der Waals surface area contributed by atoms with E-state index in [1.807, 2.05) is 42.5 Å². The number of rotatable bonds is 8. The number of carbonyl (C=O) groups excluding carboxylic acids is 2. The van der Waals surface area contributed by atoms with E-state index < -0.39 is 12.1 Å². The monoisotopic (exact) mass is 381 g/mol. The van der Waals surface area contributed by atoms with Crippen molar-refractivity contribution in [3.63, 3.8) is 0 Å². The Morgan fingerprint density at radius 2 is 1.57 bits per heavy atom. The molecule has 0 amide bonds. The van der Waals surface area contributed by atoms with Gasteiger partial charge in [-0.2, -0.15) is 0 Å². The van der Waals surface area contributed by atoms with Crippen LogP contribution < -0.4 is 5.32 Å². The minimum Gasteiger partial charge on any atom is -0.465 e. The fraction of sp³-hybridized carbons (Fsp3) is 0.391. The van der Waals surface area contributed by atoms with Gasteiger partial charge in [-0.05, 0) is 49.3 Å². The fourth-order valence-electron chi connectivity index (χ4n) is 3.65. The highest BCUT2D eigenvalue weighted by molar-refractivity contribution is 5.80. The molecule has 2 aromatic rings. The quantitative estimate of drug-likeness (QED) is 0.712. The number of hydrogen-bond acceptors (Lipinski definition) is 5. The number of ether oxygens (including phenoxy) is 2. The van der Waals surface area contributed by atoms with Crippen molar-refractivity contribution < 1.29 is 19.1 Å². The second-order valence-electron chi connectivity index (χ2n) is 7.15. The van der Waals surface area contributed by atoms with Crippen molar-refractivity contribution in [2.45, 2.75) is 45.4 Å². The molecule has 1 aliphatic rings. The summed E-state index contributed by atoms with van der Waals surface area (Å²) in [6, 6.07) is 16.6. The van der Waals surface area contributed by atoms with E-state index in [2.05, 4.69) is 17.4 Å². The Hall–Kier alpha value is -2.66. The topological polar surface area (TPSA) is 64.6 Å². The average molecular weight is 381 g/mol. The summed E-state index contributed by atoms with van der Waals surface area (Å²) in [4.78, 5) is 25.0. The summed E-state index contributed by atoms with van der Waals surface area (Å²) in [7, 11) is 0. The van der Waals surface area contributed by atoms with E-state index in [1.165, 1.54) is 11.1 Å². The highest BCUT2D eigenvalue weighted by Crippen LogP contribution is 2.29. The van der Waals surface area contributed by atoms with E-state index in [9.17, 15) is 9.59 Å². The van der Waals surface area contributed by atoms with Crippen LogP contribution in [-0.2, 0) is 38.5 Å². The molecule has 2 aromatic carbocycles. The molecule has 1 N–H and O–H groups in total. The van der Waals surface area contributed by atoms with Gasteiger partial charge in [-0.3, -0.25) is 14.9 Å². The number of carbonyl (C=O) groups is 2. The third kappa shape index (κ3) is 4.98. The molecular formula is C23H27NO4. The number of benzene rings is 2. The molecule has 5 nitrogen and oxygen atoms in total. The molecule has 0 heterocycles. The number of nitrogens with one attached hydrogen (secondary N) is 1. The predicted molar refractivity (Wildman–Crippen MR) is 107 cm³/mol. The summed E-state index contributed by atoms with van der Waals surface area (Å²) in [5, 5.41) is 3.17. The van der Waals surface area contributed by atoms with Crippen LogP contribution in [0.25, 0.3) is 0 Å². The number of hydrogen-bond donors (Lipinski definition) is 1. The SMILES string of the molecule is CCOC(=O)C(NC(C)C(=O)OCc1ccccc1)C1Cc2ccccc2C1. The standard InChI is InChI=1S/C23H27NO4/c1-3-27-23(26)21(20-13-18-11-7-8-12-19(18)14-20)24-16(2)22(25)28-15-17-9-5-4-6-10-17/h4-12,16,20-21,24H,3,13-15H2,1-2H3. The van der Waals surface area contributed by atoms with Crippen LogP contribution in [0.1, 0.15) is 30.5 Å². The van der Waals surface area contributed by atoms with E-state index in [0.717, 1.165) is 18.4 Å². The van der Waals surface area contributed by atoms with Crippen LogP contribution in [0.2, 0.25) is 0 Å². The molecule has 2 unspecified atom stereocenters. The van der Waals surface area contributed by atoms with Crippen LogP contribution in [0.3, 0.4) is 0 Å². The van der Waals surface area contributed by atoms with Crippen molar-refractivity contribution in [1.82, 2.24) is 5.32 Å². The van der Waals surface area contributed by atoms with Gasteiger partial charge in [-0.25, -0.2) is 0 Å². The summed E-state index contributed by atoms with van der Waals surface area (Å²) in [6.07, 6.45) is 1.58. The Labute approximate surface area is 166 Å². The Kier molecular flexibility index (Phi) is 6.82. The second-order valence-corrected chi connectivity index (χ2v) is 7.15. The van der Waals surface area contributed by atoms with Crippen LogP contribution >= 0.6 is 0 Å². The summed E-state index contributed by atoms with van der Waals surface area (Å²) in [5.41, 5.74) is 3.43. The first-order chi connectivity index (χ1) is 13.6. The minimum atomic E-state index is -0.609. The maximum Gasteiger partial charge on any atom is 0.323 e. The lowest BCUT2D eigenvalue weighted by atomic mass is 9.95. The minimum absolute atomic E-state index is 0.0563. The second kappa shape index (κ2) is 9.51. The van der Waals surface area contributed by atoms with Crippen molar-refractivity contribution in [3.05, 3.63) is 71.3 Å². The Bertz CT molecular complexity index is 780. The number of esters is 2. The Balaban J connectivity index is 1.62. The lowest BCUT2D eigenvalue weighted by molar-refractivity contribution is -0.150. The maximum absolute atomic E-state index is 12.6. The molecule has 2 atom stereocenters. The van der Waals surface area contributed by atoms with Crippen molar-refractivity contribution in [1.29, 1.82) is 0 Å². The summed E-state index contributed by atoms with van der Waals surface area (Å²) < 4.78 is 10.7. The Morgan fingerprint density at radius 3 is 2.18 bits per heavy atom. The van der Waals surface area contributed by atoms with E-state index in [0.29, 0.717) is 6.61 Å². The highest BCUT2D eigenvalue weighted by atomic mass is 16.5. The first kappa shape index (κ1) is 20.1. The van der Waals surface area contributed by atoms with E-state index in [-0.39, 0.29) is 24.5 Å². The molecule has 0 fully saturated rings. The van der Waals surface area contributed by atoms with Crippen LogP contribution in [-0.4, -0.2) is 30.6 Å². The van der Waals surface area contributed by atoms with Crippen LogP contribution in [0.4, 0.5) is 0 Å². The average Bonchev–Trinajstić information content (AvgIpc) is 3.14. The normalized spacial score (nSPS) is 15.5. The van der Waals surface area contributed by atoms with E-state index in [4.69, 9.17) is 9.47 Å². The van der Waals surface area contributed by atoms with Gasteiger partial charge in [0, 0.05) is 0 Å². The maximum atomic E-state index is 12.6. The molecule has 1 aliphatic carbocycles. The lowest BCUT2D eigenvalue weighted by Gasteiger charge is -2.25. The first-order valence-electron chi connectivity index (χ1n) is 9.78. The smallest absolute Gasteiger partial charge is 0.323 e. The Morgan fingerprint density at radius 1 is 0.964 bits per heavy atom. The molecule has 148 valence electrons. The molecule has 0 saturated carbocycles. The van der Waals surface area contributed by atoms with Gasteiger partial charge in [-0.15, -0.1) is 0 Å². The molecule has 28 heavy (non-hydrogen) atoms. The molecule has 0 bridgehead atoms. The van der Waals surface area contributed by atoms with Crippen molar-refractivity contribution in [2.75, 3.05) is 6.61 Å². The largest absolute Gasteiger partial charge is 0.465 e. The van der Waals surface area contributed by atoms with Gasteiger partial charge in [0.25, 0.3) is 0 Å². The van der Waals surface area contributed by atoms with Gasteiger partial charge < -0.3 is 9.47 Å². The predicted octanol–water partition coefficient (Wildman–Crippen LogP) is 3.05. The summed E-state index contributed by atoms with van der Waals surface area (Å²) in [5.74, 6) is -0.641. The van der Waals surface area contributed by atoms with Gasteiger partial charge in [0.05, 0.1) is 6.61 Å². The molecule has 5 heteroatoms. The van der Waals surface area contributed by atoms with Crippen LogP contribution in [0.15, 0.2) is 54.6 Å². The van der Waals surface area contributed by atoms with Gasteiger partial charge >= 0.3 is 11.9 Å². The first-order valence-corrected chi connectivity index (χ1v) is 9.78. The zero-order chi connectivity index (χ0) is 19.9. The lowest BCUT2D eigenvalue weighted by Crippen LogP contribution is -2.51. The van der Waals surface area contributed by atoms with E-state index >= 15 is 0 Å². The van der Waals surface area contributed by atoms with Crippen molar-refractivity contribution >= 4 is 11.9 Å². The van der Waals surface area contributed by atoms with Gasteiger partial charge in [0.1, 0.15) is 18.7 Å². The van der Waals surface area contributed by atoms with Crippen LogP contribution in [0.5, 0.6) is 0 Å². The number of fused-ring (bicyclic) bond motifs is 1. The highest BCUT2D eigenvalue weighted by Gasteiger charge is 2.36. The fourth-order valence-corrected chi connectivity index (χ4v) is 3.65. The van der Waals surface area contributed by atoms with Gasteiger partial charge in [-0.1, -0.05) is 54.6 Å². The summed E-state index contributed by atoms with van der Waals surface area (Å²) in [6.45, 7) is 4.03. The third-order valence-corrected chi connectivity index (χ3v) is 5.10. The summed E-state index contributed by atoms with van der Waals surface area (Å²) >= 11 is 0. The molecular weight excluding hydrogens is 354 g/mol. The third-order valence-electron chi connectivity index (χ3n) is 5.10. The molecule has 0 aliphatic heterocycles. The molecule has 0 radical (unpaired) electrons. The van der Waals surface area contributed by atoms with Gasteiger partial charge in [0.15, 0.2) is 0 Å². The zero-order valence-electron chi connectivity index (χ0n) is 16.4. The van der Waals surface area contributed by atoms with Gasteiger partial charge in [0.2, 0.25) is 0 Å². The zero-order valence-corrected chi connectivity index (χ0v) is 16.4. The van der Waals surface area contributed by atoms with Crippen LogP contribution in [0, 0.1) is 5.92 Å². The van der Waals surface area contributed by atoms with E-state index in [1.54, 1.807) is 13.8 Å². The molecule has 0 spiro atoms. The van der Waals surface area contributed by atoms with Crippen molar-refractivity contribution in [3.8, 4) is 0 Å².